The number of β-amino-alcohol motifs (C(OH)–C–C–N with tert-alkyl or cyclic N) is 1. The maximum absolute atomic E-state index is 9.49. The summed E-state index contributed by atoms with van der Waals surface area (Å²) >= 11 is 0. The Kier molecular flexibility index (Phi) is 6.31. The fourth-order valence-electron chi connectivity index (χ4n) is 3.96. The molecule has 0 saturated carbocycles. The molecule has 1 aromatic heterocycles. The lowest BCUT2D eigenvalue weighted by Gasteiger charge is -2.17. The lowest BCUT2D eigenvalue weighted by Crippen LogP contribution is -2.29. The van der Waals surface area contributed by atoms with Gasteiger partial charge in [0.1, 0.15) is 11.8 Å². The summed E-state index contributed by atoms with van der Waals surface area (Å²) in [4.78, 5) is 6.90. The number of hydrogen-bond acceptors (Lipinski definition) is 7. The van der Waals surface area contributed by atoms with Crippen LogP contribution in [0.1, 0.15) is 30.5 Å². The smallest absolute Gasteiger partial charge is 0.258 e. The first-order chi connectivity index (χ1) is 15.1. The first kappa shape index (κ1) is 21.0. The zero-order valence-electron chi connectivity index (χ0n) is 17.8. The van der Waals surface area contributed by atoms with Gasteiger partial charge < -0.3 is 19.3 Å². The molecule has 0 radical (unpaired) electrons. The Morgan fingerprint density at radius 3 is 2.84 bits per heavy atom. The number of ether oxygens (including phenoxy) is 1. The zero-order chi connectivity index (χ0) is 21.8. The van der Waals surface area contributed by atoms with Crippen LogP contribution in [-0.2, 0) is 12.8 Å². The van der Waals surface area contributed by atoms with Gasteiger partial charge in [0.25, 0.3) is 5.89 Å². The molecule has 1 aliphatic heterocycles. The molecule has 160 valence electrons. The molecule has 7 nitrogen and oxygen atoms in total. The molecule has 1 aliphatic rings. The van der Waals surface area contributed by atoms with Gasteiger partial charge in [-0.25, -0.2) is 0 Å². The van der Waals surface area contributed by atoms with Gasteiger partial charge in [-0.05, 0) is 56.0 Å². The first-order valence-electron chi connectivity index (χ1n) is 10.6. The highest BCUT2D eigenvalue weighted by Crippen LogP contribution is 2.31. The Morgan fingerprint density at radius 1 is 1.23 bits per heavy atom. The number of aliphatic hydroxyl groups is 1. The minimum atomic E-state index is -0.0189. The number of nitriles is 1. The Labute approximate surface area is 181 Å². The van der Waals surface area contributed by atoms with Crippen molar-refractivity contribution in [1.82, 2.24) is 15.0 Å². The van der Waals surface area contributed by atoms with E-state index in [0.717, 1.165) is 31.5 Å². The monoisotopic (exact) mass is 418 g/mol. The quantitative estimate of drug-likeness (QED) is 0.655. The van der Waals surface area contributed by atoms with Crippen LogP contribution < -0.4 is 4.74 Å². The number of rotatable bonds is 6. The molecule has 0 amide bonds. The van der Waals surface area contributed by atoms with Crippen LogP contribution in [0.5, 0.6) is 5.75 Å². The molecule has 2 heterocycles. The molecule has 0 fully saturated rings. The van der Waals surface area contributed by atoms with E-state index in [4.69, 9.17) is 9.26 Å². The van der Waals surface area contributed by atoms with Crippen LogP contribution in [-0.4, -0.2) is 52.5 Å². The lowest BCUT2D eigenvalue weighted by molar-refractivity contribution is 0.201. The van der Waals surface area contributed by atoms with E-state index in [1.807, 2.05) is 32.0 Å². The fraction of sp³-hybridized carbons (Fsp3) is 0.375. The molecule has 0 atom stereocenters. The molecule has 0 saturated heterocycles. The molecule has 31 heavy (non-hydrogen) atoms. The van der Waals surface area contributed by atoms with E-state index in [0.29, 0.717) is 35.1 Å². The van der Waals surface area contributed by atoms with Crippen molar-refractivity contribution in [2.45, 2.75) is 32.8 Å². The summed E-state index contributed by atoms with van der Waals surface area (Å²) in [5.74, 6) is 1.46. The molecule has 7 heteroatoms. The normalized spacial score (nSPS) is 14.2. The molecular formula is C24H26N4O3. The van der Waals surface area contributed by atoms with Crippen LogP contribution in [0, 0.1) is 11.3 Å². The van der Waals surface area contributed by atoms with E-state index in [1.165, 1.54) is 11.1 Å². The maximum atomic E-state index is 9.49. The highest BCUT2D eigenvalue weighted by molar-refractivity contribution is 5.66. The molecule has 0 unspecified atom stereocenters. The summed E-state index contributed by atoms with van der Waals surface area (Å²) in [6, 6.07) is 13.7. The molecule has 0 bridgehead atoms. The van der Waals surface area contributed by atoms with Gasteiger partial charge in [-0.2, -0.15) is 10.2 Å². The second-order valence-electron chi connectivity index (χ2n) is 7.92. The van der Waals surface area contributed by atoms with E-state index < -0.39 is 0 Å². The van der Waals surface area contributed by atoms with Gasteiger partial charge in [-0.1, -0.05) is 23.4 Å². The Bertz CT molecular complexity index is 1100. The zero-order valence-corrected chi connectivity index (χ0v) is 17.8. The van der Waals surface area contributed by atoms with Crippen molar-refractivity contribution in [3.05, 3.63) is 53.1 Å². The van der Waals surface area contributed by atoms with Crippen LogP contribution in [0.15, 0.2) is 40.9 Å². The van der Waals surface area contributed by atoms with Gasteiger partial charge in [0.2, 0.25) is 5.82 Å². The number of hydrogen-bond donors (Lipinski definition) is 1. The Hall–Kier alpha value is -3.21. The van der Waals surface area contributed by atoms with E-state index >= 15 is 0 Å². The second-order valence-corrected chi connectivity index (χ2v) is 7.92. The first-order valence-corrected chi connectivity index (χ1v) is 10.6. The van der Waals surface area contributed by atoms with E-state index in [2.05, 4.69) is 27.2 Å². The molecule has 0 aliphatic carbocycles. The largest absolute Gasteiger partial charge is 0.490 e. The third-order valence-electron chi connectivity index (χ3n) is 5.44. The van der Waals surface area contributed by atoms with Crippen LogP contribution in [0.25, 0.3) is 22.8 Å². The van der Waals surface area contributed by atoms with Gasteiger partial charge in [-0.3, -0.25) is 0 Å². The van der Waals surface area contributed by atoms with Crippen LogP contribution in [0.4, 0.5) is 0 Å². The minimum Gasteiger partial charge on any atom is -0.490 e. The third kappa shape index (κ3) is 4.61. The van der Waals surface area contributed by atoms with Crippen molar-refractivity contribution in [3.8, 4) is 34.7 Å². The summed E-state index contributed by atoms with van der Waals surface area (Å²) in [7, 11) is 0. The second kappa shape index (κ2) is 9.29. The summed E-state index contributed by atoms with van der Waals surface area (Å²) in [6.07, 6.45) is 1.78. The Morgan fingerprint density at radius 2 is 2.06 bits per heavy atom. The molecule has 1 N–H and O–H groups in total. The SMILES string of the molecule is CC(C)Oc1ccc(-c2nc(-c3cccc4c3CCN(CCO)CC4)no2)cc1C#N. The van der Waals surface area contributed by atoms with Crippen molar-refractivity contribution in [1.29, 1.82) is 5.26 Å². The summed E-state index contributed by atoms with van der Waals surface area (Å²) < 4.78 is 11.2. The van der Waals surface area contributed by atoms with Gasteiger partial charge in [0.15, 0.2) is 0 Å². The lowest BCUT2D eigenvalue weighted by atomic mass is 9.97. The topological polar surface area (TPSA) is 95.4 Å². The predicted octanol–water partition coefficient (Wildman–Crippen LogP) is 3.46. The number of nitrogens with zero attached hydrogens (tertiary/aromatic N) is 4. The number of benzene rings is 2. The maximum Gasteiger partial charge on any atom is 0.258 e. The molecule has 2 aromatic carbocycles. The average molecular weight is 418 g/mol. The predicted molar refractivity (Wildman–Crippen MR) is 117 cm³/mol. The molecule has 4 rings (SSSR count). The molecule has 0 spiro atoms. The van der Waals surface area contributed by atoms with Gasteiger partial charge in [-0.15, -0.1) is 0 Å². The van der Waals surface area contributed by atoms with Gasteiger partial charge in [0, 0.05) is 30.8 Å². The van der Waals surface area contributed by atoms with E-state index in [9.17, 15) is 10.4 Å². The van der Waals surface area contributed by atoms with Crippen molar-refractivity contribution in [2.24, 2.45) is 0 Å². The molecule has 3 aromatic rings. The Balaban J connectivity index is 1.63. The number of fused-ring (bicyclic) bond motifs is 1. The van der Waals surface area contributed by atoms with Crippen molar-refractivity contribution >= 4 is 0 Å². The van der Waals surface area contributed by atoms with Gasteiger partial charge in [0.05, 0.1) is 18.3 Å². The standard InChI is InChI=1S/C24H26N4O3/c1-16(2)30-22-7-6-18(14-19(22)15-25)24-26-23(27-31-24)21-5-3-4-17-8-10-28(12-13-29)11-9-20(17)21/h3-7,14,16,29H,8-13H2,1-2H3. The summed E-state index contributed by atoms with van der Waals surface area (Å²) in [5, 5.41) is 23.0. The fourth-order valence-corrected chi connectivity index (χ4v) is 3.96. The van der Waals surface area contributed by atoms with Gasteiger partial charge >= 0.3 is 0 Å². The van der Waals surface area contributed by atoms with E-state index in [-0.39, 0.29) is 12.7 Å². The highest BCUT2D eigenvalue weighted by Gasteiger charge is 2.20. The summed E-state index contributed by atoms with van der Waals surface area (Å²) in [5.41, 5.74) is 4.60. The van der Waals surface area contributed by atoms with E-state index in [1.54, 1.807) is 12.1 Å². The number of aromatic nitrogens is 2. The van der Waals surface area contributed by atoms with Crippen LogP contribution >= 0.6 is 0 Å². The van der Waals surface area contributed by atoms with Crippen LogP contribution in [0.3, 0.4) is 0 Å². The van der Waals surface area contributed by atoms with Crippen molar-refractivity contribution in [2.75, 3.05) is 26.2 Å². The summed E-state index contributed by atoms with van der Waals surface area (Å²) in [6.45, 7) is 6.52. The number of aliphatic hydroxyl groups excluding tert-OH is 1. The minimum absolute atomic E-state index is 0.0189. The third-order valence-corrected chi connectivity index (χ3v) is 5.44. The van der Waals surface area contributed by atoms with Crippen molar-refractivity contribution < 1.29 is 14.4 Å². The molecular weight excluding hydrogens is 392 g/mol. The highest BCUT2D eigenvalue weighted by atomic mass is 16.5. The average Bonchev–Trinajstić information content (AvgIpc) is 3.16. The van der Waals surface area contributed by atoms with Crippen LogP contribution in [0.2, 0.25) is 0 Å². The van der Waals surface area contributed by atoms with Crippen molar-refractivity contribution in [3.63, 3.8) is 0 Å².